The Balaban J connectivity index is 1.66. The van der Waals surface area contributed by atoms with Gasteiger partial charge in [0.25, 0.3) is 11.8 Å². The number of carbonyl (C=O) groups excluding carboxylic acids is 2. The highest BCUT2D eigenvalue weighted by atomic mass is 35.5. The van der Waals surface area contributed by atoms with Gasteiger partial charge in [-0.2, -0.15) is 0 Å². The average Bonchev–Trinajstić information content (AvgIpc) is 3.36. The monoisotopic (exact) mass is 424 g/mol. The molecule has 0 saturated carbocycles. The van der Waals surface area contributed by atoms with Crippen LogP contribution in [0.15, 0.2) is 54.2 Å². The second-order valence-corrected chi connectivity index (χ2v) is 8.05. The Kier molecular flexibility index (Phi) is 6.09. The smallest absolute Gasteiger partial charge is 0.278 e. The maximum Gasteiger partial charge on any atom is 0.278 e. The van der Waals surface area contributed by atoms with Crippen molar-refractivity contribution < 1.29 is 14.3 Å². The van der Waals surface area contributed by atoms with Crippen molar-refractivity contribution in [3.05, 3.63) is 70.4 Å². The summed E-state index contributed by atoms with van der Waals surface area (Å²) in [5.41, 5.74) is 2.62. The summed E-state index contributed by atoms with van der Waals surface area (Å²) >= 11 is 5.97. The van der Waals surface area contributed by atoms with Crippen molar-refractivity contribution in [2.45, 2.75) is 32.7 Å². The fourth-order valence-corrected chi connectivity index (χ4v) is 4.04. The Morgan fingerprint density at radius 1 is 0.933 bits per heavy atom. The van der Waals surface area contributed by atoms with E-state index < -0.39 is 0 Å². The fourth-order valence-electron chi connectivity index (χ4n) is 3.91. The van der Waals surface area contributed by atoms with Gasteiger partial charge in [0, 0.05) is 18.1 Å². The number of hydrogen-bond donors (Lipinski definition) is 0. The Hall–Kier alpha value is -2.79. The van der Waals surface area contributed by atoms with Crippen LogP contribution in [0.3, 0.4) is 0 Å². The number of amides is 2. The predicted molar refractivity (Wildman–Crippen MR) is 117 cm³/mol. The number of hydrogen-bond acceptors (Lipinski definition) is 4. The maximum absolute atomic E-state index is 13.4. The summed E-state index contributed by atoms with van der Waals surface area (Å²) in [5, 5.41) is 0.625. The molecule has 2 aromatic carbocycles. The molecule has 2 aromatic rings. The van der Waals surface area contributed by atoms with E-state index in [-0.39, 0.29) is 18.4 Å². The molecular weight excluding hydrogens is 400 g/mol. The Bertz CT molecular complexity index is 961. The van der Waals surface area contributed by atoms with Gasteiger partial charge in [-0.15, -0.1) is 0 Å². The molecule has 0 bridgehead atoms. The highest BCUT2D eigenvalue weighted by Crippen LogP contribution is 2.35. The number of ether oxygens (including phenoxy) is 1. The molecule has 0 spiro atoms. The Labute approximate surface area is 181 Å². The molecule has 0 aliphatic carbocycles. The first-order valence-electron chi connectivity index (χ1n) is 10.4. The molecule has 2 aliphatic heterocycles. The van der Waals surface area contributed by atoms with Gasteiger partial charge < -0.3 is 9.64 Å². The van der Waals surface area contributed by atoms with E-state index in [1.807, 2.05) is 36.4 Å². The van der Waals surface area contributed by atoms with E-state index in [4.69, 9.17) is 16.3 Å². The van der Waals surface area contributed by atoms with Crippen LogP contribution in [0.5, 0.6) is 5.75 Å². The summed E-state index contributed by atoms with van der Waals surface area (Å²) in [7, 11) is 0. The SMILES string of the molecule is CCCOc1ccc(C2=C(N3CCCC3)C(=O)N(Cc3ccc(Cl)cc3)C2=O)cc1. The fraction of sp³-hybridized carbons (Fsp3) is 0.333. The van der Waals surface area contributed by atoms with Gasteiger partial charge in [-0.3, -0.25) is 14.5 Å². The largest absolute Gasteiger partial charge is 0.494 e. The summed E-state index contributed by atoms with van der Waals surface area (Å²) in [6.45, 7) is 4.52. The molecule has 2 amide bonds. The summed E-state index contributed by atoms with van der Waals surface area (Å²) in [6.07, 6.45) is 2.98. The van der Waals surface area contributed by atoms with Crippen LogP contribution in [0.1, 0.15) is 37.3 Å². The Morgan fingerprint density at radius 3 is 2.23 bits per heavy atom. The van der Waals surface area contributed by atoms with E-state index in [2.05, 4.69) is 11.8 Å². The molecule has 5 nitrogen and oxygen atoms in total. The summed E-state index contributed by atoms with van der Waals surface area (Å²) in [5.74, 6) is 0.288. The molecule has 1 saturated heterocycles. The predicted octanol–water partition coefficient (Wildman–Crippen LogP) is 4.50. The topological polar surface area (TPSA) is 49.9 Å². The van der Waals surface area contributed by atoms with E-state index >= 15 is 0 Å². The molecule has 0 atom stereocenters. The zero-order chi connectivity index (χ0) is 21.1. The maximum atomic E-state index is 13.4. The molecule has 0 unspecified atom stereocenters. The summed E-state index contributed by atoms with van der Waals surface area (Å²) in [6, 6.07) is 14.7. The van der Waals surface area contributed by atoms with Crippen LogP contribution in [-0.4, -0.2) is 41.3 Å². The van der Waals surface area contributed by atoms with Crippen molar-refractivity contribution in [1.82, 2.24) is 9.80 Å². The van der Waals surface area contributed by atoms with Gasteiger partial charge >= 0.3 is 0 Å². The average molecular weight is 425 g/mol. The molecule has 1 fully saturated rings. The zero-order valence-corrected chi connectivity index (χ0v) is 17.8. The van der Waals surface area contributed by atoms with Crippen molar-refractivity contribution >= 4 is 29.0 Å². The van der Waals surface area contributed by atoms with Gasteiger partial charge in [0.15, 0.2) is 0 Å². The van der Waals surface area contributed by atoms with Crippen LogP contribution in [0.4, 0.5) is 0 Å². The van der Waals surface area contributed by atoms with Crippen LogP contribution < -0.4 is 4.74 Å². The van der Waals surface area contributed by atoms with Crippen molar-refractivity contribution in [1.29, 1.82) is 0 Å². The van der Waals surface area contributed by atoms with Crippen molar-refractivity contribution in [3.8, 4) is 5.75 Å². The van der Waals surface area contributed by atoms with E-state index in [0.717, 1.165) is 49.2 Å². The lowest BCUT2D eigenvalue weighted by molar-refractivity contribution is -0.138. The number of carbonyl (C=O) groups is 2. The van der Waals surface area contributed by atoms with Gasteiger partial charge in [0.1, 0.15) is 11.4 Å². The van der Waals surface area contributed by atoms with Crippen LogP contribution in [0, 0.1) is 0 Å². The number of nitrogens with zero attached hydrogens (tertiary/aromatic N) is 2. The molecule has 156 valence electrons. The van der Waals surface area contributed by atoms with E-state index in [1.54, 1.807) is 12.1 Å². The molecule has 0 N–H and O–H groups in total. The third-order valence-corrected chi connectivity index (χ3v) is 5.69. The van der Waals surface area contributed by atoms with Crippen molar-refractivity contribution in [2.24, 2.45) is 0 Å². The van der Waals surface area contributed by atoms with Crippen LogP contribution in [-0.2, 0) is 16.1 Å². The lowest BCUT2D eigenvalue weighted by Crippen LogP contribution is -2.34. The third-order valence-electron chi connectivity index (χ3n) is 5.44. The quantitative estimate of drug-likeness (QED) is 0.614. The Morgan fingerprint density at radius 2 is 1.60 bits per heavy atom. The van der Waals surface area contributed by atoms with Crippen LogP contribution in [0.25, 0.3) is 5.57 Å². The van der Waals surface area contributed by atoms with E-state index in [0.29, 0.717) is 22.9 Å². The van der Waals surface area contributed by atoms with Gasteiger partial charge in [-0.1, -0.05) is 42.8 Å². The first kappa shape index (κ1) is 20.5. The van der Waals surface area contributed by atoms with Gasteiger partial charge in [-0.25, -0.2) is 0 Å². The minimum Gasteiger partial charge on any atom is -0.494 e. The minimum absolute atomic E-state index is 0.224. The molecule has 30 heavy (non-hydrogen) atoms. The lowest BCUT2D eigenvalue weighted by atomic mass is 10.0. The lowest BCUT2D eigenvalue weighted by Gasteiger charge is -2.20. The second-order valence-electron chi connectivity index (χ2n) is 7.61. The second kappa shape index (κ2) is 8.92. The van der Waals surface area contributed by atoms with Gasteiger partial charge in [0.2, 0.25) is 0 Å². The number of likely N-dealkylation sites (tertiary alicyclic amines) is 1. The van der Waals surface area contributed by atoms with E-state index in [1.165, 1.54) is 4.90 Å². The van der Waals surface area contributed by atoms with Gasteiger partial charge in [-0.05, 0) is 54.7 Å². The molecule has 0 radical (unpaired) electrons. The molecule has 6 heteroatoms. The molecule has 0 aromatic heterocycles. The zero-order valence-electron chi connectivity index (χ0n) is 17.1. The van der Waals surface area contributed by atoms with E-state index in [9.17, 15) is 9.59 Å². The number of imide groups is 1. The van der Waals surface area contributed by atoms with Crippen LogP contribution >= 0.6 is 11.6 Å². The molecule has 4 rings (SSSR count). The first-order valence-corrected chi connectivity index (χ1v) is 10.8. The molecular formula is C24H25ClN2O3. The van der Waals surface area contributed by atoms with Crippen LogP contribution in [0.2, 0.25) is 5.02 Å². The van der Waals surface area contributed by atoms with Crippen molar-refractivity contribution in [3.63, 3.8) is 0 Å². The normalized spacial score (nSPS) is 16.7. The highest BCUT2D eigenvalue weighted by molar-refractivity contribution is 6.35. The molecule has 2 heterocycles. The first-order chi connectivity index (χ1) is 14.6. The summed E-state index contributed by atoms with van der Waals surface area (Å²) in [4.78, 5) is 30.1. The van der Waals surface area contributed by atoms with Crippen molar-refractivity contribution in [2.75, 3.05) is 19.7 Å². The number of rotatable bonds is 7. The summed E-state index contributed by atoms with van der Waals surface area (Å²) < 4.78 is 5.66. The molecule has 2 aliphatic rings. The minimum atomic E-state index is -0.251. The highest BCUT2D eigenvalue weighted by Gasteiger charge is 2.42. The number of benzene rings is 2. The number of halogens is 1. The standard InChI is InChI=1S/C24H25ClN2O3/c1-2-15-30-20-11-7-18(8-12-20)21-22(26-13-3-4-14-26)24(29)27(23(21)28)16-17-5-9-19(25)10-6-17/h5-12H,2-4,13-16H2,1H3. The third kappa shape index (κ3) is 4.08. The van der Waals surface area contributed by atoms with Gasteiger partial charge in [0.05, 0.1) is 18.7 Å².